The van der Waals surface area contributed by atoms with Crippen LogP contribution >= 0.6 is 0 Å². The highest BCUT2D eigenvalue weighted by atomic mass is 16.1. The molecule has 0 atom stereocenters. The Morgan fingerprint density at radius 3 is 2.87 bits per heavy atom. The van der Waals surface area contributed by atoms with Crippen LogP contribution < -0.4 is 0 Å². The van der Waals surface area contributed by atoms with Crippen molar-refractivity contribution in [2.24, 2.45) is 7.05 Å². The van der Waals surface area contributed by atoms with Gasteiger partial charge in [-0.25, -0.2) is 0 Å². The SMILES string of the molecule is CCn1cc(C(=O)/C=C/c2cn(C)nc2-c2cccnc2)cn1. The maximum Gasteiger partial charge on any atom is 0.189 e. The van der Waals surface area contributed by atoms with E-state index in [4.69, 9.17) is 0 Å². The summed E-state index contributed by atoms with van der Waals surface area (Å²) in [6.45, 7) is 2.72. The molecular formula is C17H17N5O. The predicted molar refractivity (Wildman–Crippen MR) is 87.7 cm³/mol. The molecule has 6 heteroatoms. The molecule has 0 fully saturated rings. The van der Waals surface area contributed by atoms with Gasteiger partial charge in [0.2, 0.25) is 0 Å². The standard InChI is InChI=1S/C17H17N5O/c1-3-22-12-15(10-19-22)16(23)7-6-14-11-21(2)20-17(14)13-5-4-8-18-9-13/h4-12H,3H2,1-2H3/b7-6+. The summed E-state index contributed by atoms with van der Waals surface area (Å²) in [5.41, 5.74) is 3.17. The molecule has 116 valence electrons. The van der Waals surface area contributed by atoms with Gasteiger partial charge in [-0.05, 0) is 31.2 Å². The van der Waals surface area contributed by atoms with Gasteiger partial charge in [-0.2, -0.15) is 10.2 Å². The second-order valence-corrected chi connectivity index (χ2v) is 5.13. The van der Waals surface area contributed by atoms with Gasteiger partial charge < -0.3 is 0 Å². The van der Waals surface area contributed by atoms with E-state index >= 15 is 0 Å². The van der Waals surface area contributed by atoms with Crippen LogP contribution in [0, 0.1) is 0 Å². The summed E-state index contributed by atoms with van der Waals surface area (Å²) < 4.78 is 3.45. The quantitative estimate of drug-likeness (QED) is 0.537. The van der Waals surface area contributed by atoms with E-state index in [0.717, 1.165) is 23.4 Å². The summed E-state index contributed by atoms with van der Waals surface area (Å²) in [7, 11) is 1.85. The molecular weight excluding hydrogens is 290 g/mol. The van der Waals surface area contributed by atoms with Crippen LogP contribution in [-0.4, -0.2) is 30.3 Å². The number of hydrogen-bond acceptors (Lipinski definition) is 4. The molecule has 0 bridgehead atoms. The van der Waals surface area contributed by atoms with E-state index < -0.39 is 0 Å². The molecule has 3 rings (SSSR count). The molecule has 0 aliphatic heterocycles. The molecule has 0 spiro atoms. The Balaban J connectivity index is 1.87. The second kappa shape index (κ2) is 6.39. The Kier molecular flexibility index (Phi) is 4.14. The maximum absolute atomic E-state index is 12.2. The van der Waals surface area contributed by atoms with Crippen molar-refractivity contribution in [3.05, 3.63) is 60.3 Å². The lowest BCUT2D eigenvalue weighted by Gasteiger charge is -1.97. The first-order chi connectivity index (χ1) is 11.2. The van der Waals surface area contributed by atoms with Gasteiger partial charge in [0.05, 0.1) is 11.8 Å². The lowest BCUT2D eigenvalue weighted by atomic mass is 10.1. The number of hydrogen-bond donors (Lipinski definition) is 0. The highest BCUT2D eigenvalue weighted by Crippen LogP contribution is 2.22. The van der Waals surface area contributed by atoms with Gasteiger partial charge in [-0.15, -0.1) is 0 Å². The number of nitrogens with zero attached hydrogens (tertiary/aromatic N) is 5. The molecule has 0 amide bonds. The maximum atomic E-state index is 12.2. The molecule has 0 aromatic carbocycles. The van der Waals surface area contributed by atoms with Gasteiger partial charge in [-0.3, -0.25) is 19.1 Å². The van der Waals surface area contributed by atoms with E-state index in [1.54, 1.807) is 46.3 Å². The molecule has 0 N–H and O–H groups in total. The van der Waals surface area contributed by atoms with Crippen molar-refractivity contribution in [2.75, 3.05) is 0 Å². The number of ketones is 1. The van der Waals surface area contributed by atoms with Gasteiger partial charge in [0.25, 0.3) is 0 Å². The van der Waals surface area contributed by atoms with Gasteiger partial charge in [0, 0.05) is 49.5 Å². The molecule has 0 radical (unpaired) electrons. The number of allylic oxidation sites excluding steroid dienone is 1. The molecule has 23 heavy (non-hydrogen) atoms. The molecule has 0 aliphatic carbocycles. The number of carbonyl (C=O) groups excluding carboxylic acids is 1. The highest BCUT2D eigenvalue weighted by molar-refractivity contribution is 6.06. The fraction of sp³-hybridized carbons (Fsp3) is 0.176. The zero-order valence-corrected chi connectivity index (χ0v) is 13.0. The Morgan fingerprint density at radius 2 is 2.17 bits per heavy atom. The van der Waals surface area contributed by atoms with Gasteiger partial charge in [-0.1, -0.05) is 0 Å². The summed E-state index contributed by atoms with van der Waals surface area (Å²) in [5.74, 6) is -0.0781. The summed E-state index contributed by atoms with van der Waals surface area (Å²) in [6.07, 6.45) is 12.0. The van der Waals surface area contributed by atoms with Crippen molar-refractivity contribution < 1.29 is 4.79 Å². The van der Waals surface area contributed by atoms with Crippen molar-refractivity contribution in [1.29, 1.82) is 0 Å². The predicted octanol–water partition coefficient (Wildman–Crippen LogP) is 2.59. The van der Waals surface area contributed by atoms with Gasteiger partial charge in [0.15, 0.2) is 5.78 Å². The monoisotopic (exact) mass is 307 g/mol. The van der Waals surface area contributed by atoms with Crippen LogP contribution in [0.5, 0.6) is 0 Å². The fourth-order valence-corrected chi connectivity index (χ4v) is 2.28. The van der Waals surface area contributed by atoms with E-state index in [0.29, 0.717) is 5.56 Å². The molecule has 6 nitrogen and oxygen atoms in total. The molecule has 0 saturated carbocycles. The van der Waals surface area contributed by atoms with Crippen LogP contribution in [0.2, 0.25) is 0 Å². The van der Waals surface area contributed by atoms with E-state index in [-0.39, 0.29) is 5.78 Å². The zero-order valence-electron chi connectivity index (χ0n) is 13.0. The minimum Gasteiger partial charge on any atom is -0.289 e. The topological polar surface area (TPSA) is 65.6 Å². The molecule has 0 unspecified atom stereocenters. The minimum atomic E-state index is -0.0781. The highest BCUT2D eigenvalue weighted by Gasteiger charge is 2.09. The Bertz CT molecular complexity index is 845. The van der Waals surface area contributed by atoms with Crippen molar-refractivity contribution in [3.8, 4) is 11.3 Å². The first-order valence-electron chi connectivity index (χ1n) is 7.36. The Hall–Kier alpha value is -3.02. The average Bonchev–Trinajstić information content (AvgIpc) is 3.20. The second-order valence-electron chi connectivity index (χ2n) is 5.13. The number of aromatic nitrogens is 5. The summed E-state index contributed by atoms with van der Waals surface area (Å²) in [5, 5.41) is 8.56. The fourth-order valence-electron chi connectivity index (χ4n) is 2.28. The normalized spacial score (nSPS) is 11.2. The van der Waals surface area contributed by atoms with E-state index in [9.17, 15) is 4.79 Å². The number of pyridine rings is 1. The number of carbonyl (C=O) groups is 1. The first-order valence-corrected chi connectivity index (χ1v) is 7.36. The van der Waals surface area contributed by atoms with Crippen LogP contribution in [0.3, 0.4) is 0 Å². The van der Waals surface area contributed by atoms with Crippen molar-refractivity contribution in [1.82, 2.24) is 24.5 Å². The lowest BCUT2D eigenvalue weighted by molar-refractivity contribution is 0.104. The third-order valence-corrected chi connectivity index (χ3v) is 3.45. The van der Waals surface area contributed by atoms with Crippen LogP contribution in [0.25, 0.3) is 17.3 Å². The minimum absolute atomic E-state index is 0.0781. The lowest BCUT2D eigenvalue weighted by Crippen LogP contribution is -1.94. The largest absolute Gasteiger partial charge is 0.289 e. The van der Waals surface area contributed by atoms with Crippen LogP contribution in [0.1, 0.15) is 22.8 Å². The summed E-state index contributed by atoms with van der Waals surface area (Å²) in [4.78, 5) is 16.3. The van der Waals surface area contributed by atoms with Crippen LogP contribution in [0.4, 0.5) is 0 Å². The molecule has 3 aromatic heterocycles. The first kappa shape index (κ1) is 14.9. The zero-order chi connectivity index (χ0) is 16.2. The summed E-state index contributed by atoms with van der Waals surface area (Å²) in [6, 6.07) is 3.81. The van der Waals surface area contributed by atoms with Crippen LogP contribution in [-0.2, 0) is 13.6 Å². The average molecular weight is 307 g/mol. The van der Waals surface area contributed by atoms with Gasteiger partial charge >= 0.3 is 0 Å². The Labute approximate surface area is 134 Å². The summed E-state index contributed by atoms with van der Waals surface area (Å²) >= 11 is 0. The van der Waals surface area contributed by atoms with Crippen molar-refractivity contribution >= 4 is 11.9 Å². The van der Waals surface area contributed by atoms with E-state index in [1.165, 1.54) is 0 Å². The van der Waals surface area contributed by atoms with E-state index in [1.807, 2.05) is 32.3 Å². The Morgan fingerprint density at radius 1 is 1.30 bits per heavy atom. The van der Waals surface area contributed by atoms with Crippen LogP contribution in [0.15, 0.2) is 49.2 Å². The smallest absolute Gasteiger partial charge is 0.189 e. The van der Waals surface area contributed by atoms with E-state index in [2.05, 4.69) is 15.2 Å². The number of rotatable bonds is 5. The van der Waals surface area contributed by atoms with Crippen molar-refractivity contribution in [3.63, 3.8) is 0 Å². The number of aryl methyl sites for hydroxylation is 2. The van der Waals surface area contributed by atoms with Crippen molar-refractivity contribution in [2.45, 2.75) is 13.5 Å². The van der Waals surface area contributed by atoms with Gasteiger partial charge in [0.1, 0.15) is 5.69 Å². The molecule has 0 aliphatic rings. The molecule has 0 saturated heterocycles. The molecule has 3 heterocycles. The molecule has 3 aromatic rings. The third kappa shape index (κ3) is 3.26. The third-order valence-electron chi connectivity index (χ3n) is 3.45.